The van der Waals surface area contributed by atoms with E-state index in [0.29, 0.717) is 17.9 Å². The van der Waals surface area contributed by atoms with Crippen LogP contribution < -0.4 is 15.4 Å². The van der Waals surface area contributed by atoms with Crippen molar-refractivity contribution < 1.29 is 27.4 Å². The average molecular weight is 398 g/mol. The van der Waals surface area contributed by atoms with Gasteiger partial charge in [-0.15, -0.1) is 0 Å². The van der Waals surface area contributed by atoms with Gasteiger partial charge in [-0.2, -0.15) is 18.3 Å². The van der Waals surface area contributed by atoms with Crippen LogP contribution in [0.4, 0.5) is 19.0 Å². The summed E-state index contributed by atoms with van der Waals surface area (Å²) in [5, 5.41) is 9.48. The molecule has 7 nitrogen and oxygen atoms in total. The van der Waals surface area contributed by atoms with Gasteiger partial charge < -0.3 is 20.1 Å². The lowest BCUT2D eigenvalue weighted by Gasteiger charge is -2.34. The van der Waals surface area contributed by atoms with E-state index in [4.69, 9.17) is 9.47 Å². The monoisotopic (exact) mass is 398 g/mol. The van der Waals surface area contributed by atoms with Crippen LogP contribution in [0.3, 0.4) is 0 Å². The average Bonchev–Trinajstić information content (AvgIpc) is 3.10. The molecule has 1 aliphatic heterocycles. The second kappa shape index (κ2) is 8.09. The first-order valence-corrected chi connectivity index (χ1v) is 8.67. The largest absolute Gasteiger partial charge is 0.497 e. The van der Waals surface area contributed by atoms with Gasteiger partial charge in [-0.05, 0) is 17.7 Å². The number of alkyl halides is 3. The maximum absolute atomic E-state index is 13.7. The number of methoxy groups -OCH3 is 2. The number of ether oxygens (including phenoxy) is 2. The lowest BCUT2D eigenvalue weighted by Crippen LogP contribution is -2.36. The summed E-state index contributed by atoms with van der Waals surface area (Å²) >= 11 is 0. The third kappa shape index (κ3) is 4.06. The van der Waals surface area contributed by atoms with Crippen molar-refractivity contribution >= 4 is 11.7 Å². The van der Waals surface area contributed by atoms with Gasteiger partial charge >= 0.3 is 6.18 Å². The quantitative estimate of drug-likeness (QED) is 0.732. The summed E-state index contributed by atoms with van der Waals surface area (Å²) in [5.74, 6) is 0.140. The minimum Gasteiger partial charge on any atom is -0.497 e. The van der Waals surface area contributed by atoms with Crippen molar-refractivity contribution in [3.63, 3.8) is 0 Å². The molecule has 0 saturated heterocycles. The Bertz CT molecular complexity index is 820. The number of carbonyl (C=O) groups excluding carboxylic acids is 1. The van der Waals surface area contributed by atoms with Crippen LogP contribution in [0.25, 0.3) is 0 Å². The fraction of sp³-hybridized carbons (Fsp3) is 0.444. The fourth-order valence-electron chi connectivity index (χ4n) is 3.15. The van der Waals surface area contributed by atoms with Crippen molar-refractivity contribution in [2.45, 2.75) is 24.7 Å². The molecule has 2 heterocycles. The first-order chi connectivity index (χ1) is 13.3. The number of aromatic nitrogens is 2. The van der Waals surface area contributed by atoms with Crippen molar-refractivity contribution in [1.29, 1.82) is 0 Å². The highest BCUT2D eigenvalue weighted by Gasteiger charge is 2.47. The summed E-state index contributed by atoms with van der Waals surface area (Å²) in [7, 11) is 3.00. The molecule has 1 aromatic carbocycles. The van der Waals surface area contributed by atoms with Gasteiger partial charge in [0.15, 0.2) is 6.04 Å². The number of nitrogens with one attached hydrogen (secondary N) is 2. The van der Waals surface area contributed by atoms with Gasteiger partial charge in [0.05, 0.1) is 26.0 Å². The van der Waals surface area contributed by atoms with Crippen LogP contribution in [0.2, 0.25) is 0 Å². The molecule has 2 N–H and O–H groups in total. The van der Waals surface area contributed by atoms with Gasteiger partial charge in [0.2, 0.25) is 0 Å². The lowest BCUT2D eigenvalue weighted by molar-refractivity contribution is -0.173. The second-order valence-electron chi connectivity index (χ2n) is 6.36. The number of hydrogen-bond acceptors (Lipinski definition) is 5. The Morgan fingerprint density at radius 2 is 2.04 bits per heavy atom. The Balaban J connectivity index is 1.92. The highest BCUT2D eigenvalue weighted by molar-refractivity contribution is 5.98. The standard InChI is InChI=1S/C18H21F3N4O3/c1-27-8-7-22-17(26)13-10-23-25-15(18(19,20)21)9-14(24-16(13)25)11-3-5-12(28-2)6-4-11/h3-6,10,14-15,24H,7-9H2,1-2H3,(H,22,26)/t14-,15-/m1/s1. The zero-order chi connectivity index (χ0) is 20.3. The van der Waals surface area contributed by atoms with Crippen molar-refractivity contribution in [2.24, 2.45) is 0 Å². The summed E-state index contributed by atoms with van der Waals surface area (Å²) in [6.45, 7) is 0.535. The van der Waals surface area contributed by atoms with E-state index >= 15 is 0 Å². The van der Waals surface area contributed by atoms with Crippen LogP contribution >= 0.6 is 0 Å². The Morgan fingerprint density at radius 1 is 1.32 bits per heavy atom. The molecule has 0 radical (unpaired) electrons. The summed E-state index contributed by atoms with van der Waals surface area (Å²) in [5.41, 5.74) is 0.719. The van der Waals surface area contributed by atoms with E-state index in [0.717, 1.165) is 10.9 Å². The number of halogens is 3. The van der Waals surface area contributed by atoms with E-state index in [1.165, 1.54) is 14.2 Å². The smallest absolute Gasteiger partial charge is 0.410 e. The first-order valence-electron chi connectivity index (χ1n) is 8.67. The summed E-state index contributed by atoms with van der Waals surface area (Å²) in [6, 6.07) is 4.31. The number of carbonyl (C=O) groups is 1. The molecule has 0 unspecified atom stereocenters. The zero-order valence-electron chi connectivity index (χ0n) is 15.4. The van der Waals surface area contributed by atoms with Crippen LogP contribution in [-0.2, 0) is 4.74 Å². The molecular formula is C18H21F3N4O3. The van der Waals surface area contributed by atoms with E-state index in [1.54, 1.807) is 24.3 Å². The van der Waals surface area contributed by atoms with Gasteiger partial charge in [0.1, 0.15) is 17.1 Å². The van der Waals surface area contributed by atoms with E-state index in [-0.39, 0.29) is 24.3 Å². The SMILES string of the molecule is COCCNC(=O)c1cnn2c1N[C@@H](c1ccc(OC)cc1)C[C@@H]2C(F)(F)F. The molecule has 0 aliphatic carbocycles. The Labute approximate surface area is 159 Å². The van der Waals surface area contributed by atoms with Crippen LogP contribution in [0.15, 0.2) is 30.5 Å². The predicted molar refractivity (Wildman–Crippen MR) is 95.5 cm³/mol. The Morgan fingerprint density at radius 3 is 2.64 bits per heavy atom. The second-order valence-corrected chi connectivity index (χ2v) is 6.36. The van der Waals surface area contributed by atoms with Gasteiger partial charge in [-0.1, -0.05) is 12.1 Å². The number of nitrogens with zero attached hydrogens (tertiary/aromatic N) is 2. The number of fused-ring (bicyclic) bond motifs is 1. The number of amides is 1. The van der Waals surface area contributed by atoms with Crippen molar-refractivity contribution in [2.75, 3.05) is 32.7 Å². The topological polar surface area (TPSA) is 77.4 Å². The Hall–Kier alpha value is -2.75. The minimum atomic E-state index is -4.50. The molecule has 0 bridgehead atoms. The molecule has 3 rings (SSSR count). The van der Waals surface area contributed by atoms with Crippen LogP contribution in [0.1, 0.15) is 34.4 Å². The van der Waals surface area contributed by atoms with Gasteiger partial charge in [0, 0.05) is 20.1 Å². The van der Waals surface area contributed by atoms with Crippen molar-refractivity contribution in [3.8, 4) is 5.75 Å². The number of benzene rings is 1. The minimum absolute atomic E-state index is 0.0457. The molecule has 1 aromatic heterocycles. The molecule has 0 fully saturated rings. The molecule has 0 saturated carbocycles. The van der Waals surface area contributed by atoms with E-state index in [1.807, 2.05) is 0 Å². The van der Waals surface area contributed by atoms with Crippen molar-refractivity contribution in [3.05, 3.63) is 41.6 Å². The molecule has 2 aromatic rings. The highest BCUT2D eigenvalue weighted by atomic mass is 19.4. The van der Waals surface area contributed by atoms with Gasteiger partial charge in [-0.3, -0.25) is 4.79 Å². The van der Waals surface area contributed by atoms with E-state index in [2.05, 4.69) is 15.7 Å². The number of hydrogen-bond donors (Lipinski definition) is 2. The first kappa shape index (κ1) is 20.0. The molecule has 1 aliphatic rings. The molecular weight excluding hydrogens is 377 g/mol. The molecule has 10 heteroatoms. The third-order valence-corrected chi connectivity index (χ3v) is 4.59. The van der Waals surface area contributed by atoms with Gasteiger partial charge in [-0.25, -0.2) is 4.68 Å². The van der Waals surface area contributed by atoms with Crippen molar-refractivity contribution in [1.82, 2.24) is 15.1 Å². The molecule has 2 atom stereocenters. The summed E-state index contributed by atoms with van der Waals surface area (Å²) < 4.78 is 51.8. The number of rotatable bonds is 6. The number of anilines is 1. The van der Waals surface area contributed by atoms with E-state index < -0.39 is 24.2 Å². The zero-order valence-corrected chi connectivity index (χ0v) is 15.4. The maximum atomic E-state index is 13.7. The molecule has 152 valence electrons. The van der Waals surface area contributed by atoms with Crippen LogP contribution in [0.5, 0.6) is 5.75 Å². The van der Waals surface area contributed by atoms with E-state index in [9.17, 15) is 18.0 Å². The molecule has 28 heavy (non-hydrogen) atoms. The molecule has 0 spiro atoms. The van der Waals surface area contributed by atoms with Crippen LogP contribution in [0, 0.1) is 0 Å². The highest BCUT2D eigenvalue weighted by Crippen LogP contribution is 2.44. The summed E-state index contributed by atoms with van der Waals surface area (Å²) in [4.78, 5) is 12.4. The fourth-order valence-corrected chi connectivity index (χ4v) is 3.15. The summed E-state index contributed by atoms with van der Waals surface area (Å²) in [6.07, 6.45) is -3.59. The van der Waals surface area contributed by atoms with Gasteiger partial charge in [0.25, 0.3) is 5.91 Å². The maximum Gasteiger partial charge on any atom is 0.410 e. The third-order valence-electron chi connectivity index (χ3n) is 4.59. The normalized spacial score (nSPS) is 18.9. The Kier molecular flexibility index (Phi) is 5.78. The molecule has 1 amide bonds. The van der Waals surface area contributed by atoms with Crippen LogP contribution in [-0.4, -0.2) is 49.2 Å². The lowest BCUT2D eigenvalue weighted by atomic mass is 9.96. The predicted octanol–water partition coefficient (Wildman–Crippen LogP) is 2.93.